The fourth-order valence-corrected chi connectivity index (χ4v) is 5.19. The van der Waals surface area contributed by atoms with Crippen molar-refractivity contribution in [2.75, 3.05) is 19.6 Å². The highest BCUT2D eigenvalue weighted by atomic mass is 32.2. The third kappa shape index (κ3) is 4.82. The Labute approximate surface area is 159 Å². The lowest BCUT2D eigenvalue weighted by atomic mass is 10.1. The van der Waals surface area contributed by atoms with Gasteiger partial charge in [0.25, 0.3) is 0 Å². The molecule has 2 aromatic carbocycles. The average molecular weight is 389 g/mol. The molecule has 3 rings (SSSR count). The predicted molar refractivity (Wildman–Crippen MR) is 103 cm³/mol. The standard InChI is InChI=1S/C21H24FNO3S/c1-16(24)18-4-8-20(9-5-18)27(25,26)21-11-14-23(15-12-21)13-10-17-2-6-19(22)7-3-17/h2-9,21H,10-15H2,1H3. The Balaban J connectivity index is 1.56. The van der Waals surface area contributed by atoms with E-state index in [1.165, 1.54) is 31.2 Å². The van der Waals surface area contributed by atoms with Crippen LogP contribution in [0.15, 0.2) is 53.4 Å². The van der Waals surface area contributed by atoms with Crippen molar-refractivity contribution in [2.24, 2.45) is 0 Å². The maximum Gasteiger partial charge on any atom is 0.181 e. The lowest BCUT2D eigenvalue weighted by Gasteiger charge is -2.31. The number of nitrogens with zero attached hydrogens (tertiary/aromatic N) is 1. The maximum absolute atomic E-state index is 13.0. The number of halogens is 1. The minimum atomic E-state index is -3.38. The SMILES string of the molecule is CC(=O)c1ccc(S(=O)(=O)C2CCN(CCc3ccc(F)cc3)CC2)cc1. The number of carbonyl (C=O) groups excluding carboxylic acids is 1. The molecular formula is C21H24FNO3S. The molecule has 27 heavy (non-hydrogen) atoms. The summed E-state index contributed by atoms with van der Waals surface area (Å²) in [6.07, 6.45) is 2.02. The Kier molecular flexibility index (Phi) is 6.07. The first-order valence-electron chi connectivity index (χ1n) is 9.18. The molecule has 0 amide bonds. The minimum Gasteiger partial charge on any atom is -0.303 e. The van der Waals surface area contributed by atoms with Gasteiger partial charge in [-0.2, -0.15) is 0 Å². The monoisotopic (exact) mass is 389 g/mol. The summed E-state index contributed by atoms with van der Waals surface area (Å²) in [5.74, 6) is -0.311. The van der Waals surface area contributed by atoms with E-state index in [-0.39, 0.29) is 21.7 Å². The van der Waals surface area contributed by atoms with Crippen LogP contribution in [0.1, 0.15) is 35.7 Å². The third-order valence-corrected chi connectivity index (χ3v) is 7.47. The normalized spacial score (nSPS) is 16.4. The van der Waals surface area contributed by atoms with E-state index < -0.39 is 9.84 Å². The number of carbonyl (C=O) groups is 1. The average Bonchev–Trinajstić information content (AvgIpc) is 2.68. The zero-order valence-corrected chi connectivity index (χ0v) is 16.2. The van der Waals surface area contributed by atoms with Gasteiger partial charge in [0, 0.05) is 12.1 Å². The summed E-state index contributed by atoms with van der Waals surface area (Å²) in [5.41, 5.74) is 1.60. The zero-order chi connectivity index (χ0) is 19.4. The molecule has 0 unspecified atom stereocenters. The molecule has 0 bridgehead atoms. The van der Waals surface area contributed by atoms with Crippen LogP contribution < -0.4 is 0 Å². The van der Waals surface area contributed by atoms with Gasteiger partial charge in [0.05, 0.1) is 10.1 Å². The van der Waals surface area contributed by atoms with Crippen LogP contribution in [0.2, 0.25) is 0 Å². The van der Waals surface area contributed by atoms with Gasteiger partial charge >= 0.3 is 0 Å². The molecule has 0 aromatic heterocycles. The van der Waals surface area contributed by atoms with Crippen LogP contribution in [-0.4, -0.2) is 44.0 Å². The lowest BCUT2D eigenvalue weighted by Crippen LogP contribution is -2.40. The van der Waals surface area contributed by atoms with Crippen LogP contribution in [0.5, 0.6) is 0 Å². The minimum absolute atomic E-state index is 0.0755. The van der Waals surface area contributed by atoms with Crippen LogP contribution in [0.25, 0.3) is 0 Å². The van der Waals surface area contributed by atoms with Crippen LogP contribution >= 0.6 is 0 Å². The topological polar surface area (TPSA) is 54.5 Å². The van der Waals surface area contributed by atoms with Crippen molar-refractivity contribution in [1.82, 2.24) is 4.90 Å². The number of hydrogen-bond donors (Lipinski definition) is 0. The molecule has 0 N–H and O–H groups in total. The van der Waals surface area contributed by atoms with Gasteiger partial charge in [-0.15, -0.1) is 0 Å². The Hall–Kier alpha value is -2.05. The summed E-state index contributed by atoms with van der Waals surface area (Å²) in [7, 11) is -3.38. The van der Waals surface area contributed by atoms with E-state index in [1.54, 1.807) is 24.3 Å². The number of rotatable bonds is 6. The third-order valence-electron chi connectivity index (χ3n) is 5.19. The number of benzene rings is 2. The molecule has 2 aromatic rings. The van der Waals surface area contributed by atoms with Crippen molar-refractivity contribution < 1.29 is 17.6 Å². The Bertz CT molecular complexity index is 884. The molecule has 1 aliphatic heterocycles. The number of sulfone groups is 1. The van der Waals surface area contributed by atoms with Gasteiger partial charge in [-0.1, -0.05) is 24.3 Å². The van der Waals surface area contributed by atoms with E-state index in [2.05, 4.69) is 4.90 Å². The molecule has 0 aliphatic carbocycles. The predicted octanol–water partition coefficient (Wildman–Crippen LogP) is 3.51. The van der Waals surface area contributed by atoms with Crippen molar-refractivity contribution in [3.63, 3.8) is 0 Å². The lowest BCUT2D eigenvalue weighted by molar-refractivity contribution is 0.101. The summed E-state index contributed by atoms with van der Waals surface area (Å²) in [5, 5.41) is -0.386. The maximum atomic E-state index is 13.0. The molecule has 1 saturated heterocycles. The van der Waals surface area contributed by atoms with Gasteiger partial charge in [-0.25, -0.2) is 12.8 Å². The molecule has 4 nitrogen and oxygen atoms in total. The fourth-order valence-electron chi connectivity index (χ4n) is 3.45. The van der Waals surface area contributed by atoms with Crippen molar-refractivity contribution in [3.8, 4) is 0 Å². The first kappa shape index (κ1) is 19.7. The van der Waals surface area contributed by atoms with Gasteiger partial charge in [0.2, 0.25) is 0 Å². The molecule has 1 heterocycles. The summed E-state index contributed by atoms with van der Waals surface area (Å²) >= 11 is 0. The number of likely N-dealkylation sites (tertiary alicyclic amines) is 1. The van der Waals surface area contributed by atoms with Gasteiger partial charge in [-0.3, -0.25) is 4.79 Å². The number of hydrogen-bond acceptors (Lipinski definition) is 4. The van der Waals surface area contributed by atoms with E-state index in [1.807, 2.05) is 0 Å². The second kappa shape index (κ2) is 8.31. The van der Waals surface area contributed by atoms with E-state index in [9.17, 15) is 17.6 Å². The quantitative estimate of drug-likeness (QED) is 0.710. The summed E-state index contributed by atoms with van der Waals surface area (Å²) in [6.45, 7) is 3.77. The molecule has 6 heteroatoms. The van der Waals surface area contributed by atoms with E-state index in [4.69, 9.17) is 0 Å². The van der Waals surface area contributed by atoms with Crippen LogP contribution in [0.4, 0.5) is 4.39 Å². The molecule has 0 spiro atoms. The largest absolute Gasteiger partial charge is 0.303 e. The molecular weight excluding hydrogens is 365 g/mol. The highest BCUT2D eigenvalue weighted by Crippen LogP contribution is 2.25. The van der Waals surface area contributed by atoms with Gasteiger partial charge < -0.3 is 4.90 Å². The first-order valence-corrected chi connectivity index (χ1v) is 10.7. The summed E-state index contributed by atoms with van der Waals surface area (Å²) < 4.78 is 38.6. The summed E-state index contributed by atoms with van der Waals surface area (Å²) in [6, 6.07) is 12.7. The molecule has 144 valence electrons. The Morgan fingerprint density at radius 1 is 1.04 bits per heavy atom. The molecule has 0 atom stereocenters. The summed E-state index contributed by atoms with van der Waals surface area (Å²) in [4.78, 5) is 13.9. The van der Waals surface area contributed by atoms with E-state index in [0.717, 1.165) is 31.6 Å². The number of Topliss-reactive ketones (excluding diaryl/α,β-unsaturated/α-hetero) is 1. The van der Waals surface area contributed by atoms with Crippen molar-refractivity contribution in [2.45, 2.75) is 36.3 Å². The van der Waals surface area contributed by atoms with Crippen molar-refractivity contribution in [3.05, 3.63) is 65.5 Å². The Morgan fingerprint density at radius 2 is 1.63 bits per heavy atom. The van der Waals surface area contributed by atoms with Crippen LogP contribution in [0.3, 0.4) is 0 Å². The highest BCUT2D eigenvalue weighted by Gasteiger charge is 2.31. The molecule has 0 radical (unpaired) electrons. The highest BCUT2D eigenvalue weighted by molar-refractivity contribution is 7.92. The van der Waals surface area contributed by atoms with Gasteiger partial charge in [-0.05, 0) is 69.1 Å². The smallest absolute Gasteiger partial charge is 0.181 e. The second-order valence-electron chi connectivity index (χ2n) is 7.04. The van der Waals surface area contributed by atoms with Crippen molar-refractivity contribution in [1.29, 1.82) is 0 Å². The molecule has 0 saturated carbocycles. The number of piperidine rings is 1. The van der Waals surface area contributed by atoms with Crippen LogP contribution in [0, 0.1) is 5.82 Å². The number of ketones is 1. The van der Waals surface area contributed by atoms with E-state index in [0.29, 0.717) is 18.4 Å². The first-order chi connectivity index (χ1) is 12.9. The molecule has 1 aliphatic rings. The fraction of sp³-hybridized carbons (Fsp3) is 0.381. The van der Waals surface area contributed by atoms with Crippen LogP contribution in [-0.2, 0) is 16.3 Å². The Morgan fingerprint density at radius 3 is 2.19 bits per heavy atom. The van der Waals surface area contributed by atoms with Crippen molar-refractivity contribution >= 4 is 15.6 Å². The molecule has 1 fully saturated rings. The zero-order valence-electron chi connectivity index (χ0n) is 15.4. The van der Waals surface area contributed by atoms with Gasteiger partial charge in [0.1, 0.15) is 5.82 Å². The van der Waals surface area contributed by atoms with E-state index >= 15 is 0 Å². The van der Waals surface area contributed by atoms with Gasteiger partial charge in [0.15, 0.2) is 15.6 Å². The second-order valence-corrected chi connectivity index (χ2v) is 9.27.